The van der Waals surface area contributed by atoms with E-state index in [1.807, 2.05) is 0 Å². The summed E-state index contributed by atoms with van der Waals surface area (Å²) < 4.78 is 21.4. The number of hydrogen-bond donors (Lipinski definition) is 1. The third-order valence-electron chi connectivity index (χ3n) is 11.8. The van der Waals surface area contributed by atoms with E-state index in [-0.39, 0.29) is 82.4 Å². The highest BCUT2D eigenvalue weighted by Gasteiger charge is 2.58. The van der Waals surface area contributed by atoms with Gasteiger partial charge in [0.15, 0.2) is 0 Å². The lowest BCUT2D eigenvalue weighted by Gasteiger charge is -2.36. The van der Waals surface area contributed by atoms with Gasteiger partial charge < -0.3 is 38.6 Å². The summed E-state index contributed by atoms with van der Waals surface area (Å²) in [6.07, 6.45) is 5.89. The number of imide groups is 6. The number of piperidine rings is 2. The van der Waals surface area contributed by atoms with Gasteiger partial charge in [0, 0.05) is 68.3 Å². The van der Waals surface area contributed by atoms with Gasteiger partial charge >= 0.3 is 12.2 Å². The van der Waals surface area contributed by atoms with Crippen LogP contribution in [0.25, 0.3) is 0 Å². The first-order valence-electron chi connectivity index (χ1n) is 24.1. The number of aliphatic hydroxyl groups is 1. The number of terminal acetylenes is 1. The second-order valence-corrected chi connectivity index (χ2v) is 21.3. The summed E-state index contributed by atoms with van der Waals surface area (Å²) >= 11 is 10.9. The Morgan fingerprint density at radius 1 is 0.649 bits per heavy atom. The molecule has 6 rings (SSSR count). The Morgan fingerprint density at radius 3 is 1.41 bits per heavy atom. The summed E-state index contributed by atoms with van der Waals surface area (Å²) in [5.41, 5.74) is -4.02. The Bertz CT molecular complexity index is 2530. The van der Waals surface area contributed by atoms with Crippen molar-refractivity contribution in [3.63, 3.8) is 0 Å². The smallest absolute Gasteiger partial charge is 0.424 e. The predicted octanol–water partition coefficient (Wildman–Crippen LogP) is 7.75. The van der Waals surface area contributed by atoms with Gasteiger partial charge in [-0.2, -0.15) is 9.80 Å². The van der Waals surface area contributed by atoms with Crippen molar-refractivity contribution in [3.8, 4) is 35.7 Å². The number of hydrogen-bond acceptors (Lipinski definition) is 14. The van der Waals surface area contributed by atoms with Gasteiger partial charge in [0.25, 0.3) is 0 Å². The molecule has 20 heteroatoms. The van der Waals surface area contributed by atoms with Crippen molar-refractivity contribution in [1.82, 2.24) is 9.80 Å². The highest BCUT2D eigenvalue weighted by molar-refractivity contribution is 6.18. The highest BCUT2D eigenvalue weighted by Crippen LogP contribution is 2.45. The number of anilines is 2. The summed E-state index contributed by atoms with van der Waals surface area (Å²) in [7, 11) is 0. The molecule has 2 aromatic carbocycles. The van der Waals surface area contributed by atoms with Crippen LogP contribution in [0.1, 0.15) is 120 Å². The van der Waals surface area contributed by atoms with Gasteiger partial charge in [0.1, 0.15) is 47.3 Å². The minimum Gasteiger partial charge on any atom is -0.481 e. The largest absolute Gasteiger partial charge is 0.481 e. The maximum Gasteiger partial charge on any atom is 0.424 e. The number of rotatable bonds is 12. The van der Waals surface area contributed by atoms with Crippen LogP contribution < -0.4 is 19.3 Å². The summed E-state index contributed by atoms with van der Waals surface area (Å²) in [4.78, 5) is 116. The first-order chi connectivity index (χ1) is 34.6. The summed E-state index contributed by atoms with van der Waals surface area (Å²) in [5.74, 6) is 7.16. The number of carbonyl (C=O) groups excluding carboxylic acids is 9. The van der Waals surface area contributed by atoms with Crippen LogP contribution in [0.15, 0.2) is 48.5 Å². The van der Waals surface area contributed by atoms with E-state index in [2.05, 4.69) is 17.8 Å². The van der Waals surface area contributed by atoms with E-state index >= 15 is 0 Å². The zero-order valence-corrected chi connectivity index (χ0v) is 44.8. The molecule has 0 saturated carbocycles. The van der Waals surface area contributed by atoms with Crippen LogP contribution in [0, 0.1) is 35.0 Å². The zero-order chi connectivity index (χ0) is 55.2. The van der Waals surface area contributed by atoms with Crippen LogP contribution in [-0.2, 0) is 43.0 Å². The van der Waals surface area contributed by atoms with Crippen LogP contribution in [0.5, 0.6) is 11.5 Å². The van der Waals surface area contributed by atoms with Crippen LogP contribution in [-0.4, -0.2) is 123 Å². The lowest BCUT2D eigenvalue weighted by Crippen LogP contribution is -2.55. The standard InChI is InChI=1S/C27H33ClN2O7.C22H24N2O6.C5H9ClO/c1-25(2,3)37-24(34)30-21(31)11-14-27(23(30)33)17-22(32)29(18-27)19-7-9-20(10-8-19)36-16-6-13-26(4,35)12-5-15-28;1-5-12-29-16-8-6-15(7-9-16)23-14-22(13-18(23)26)11-10-17(25)24(19(22)27)20(28)30-21(2,3)4;1-5(7)3-2-4-6/h7-10,35H,5,11-12,14-18H2,1-4H3;1,6-9H,10-14H2,2-4H3;2-4H2,1H3. The average Bonchev–Trinajstić information content (AvgIpc) is 3.84. The van der Waals surface area contributed by atoms with E-state index in [1.165, 1.54) is 9.80 Å². The molecule has 18 nitrogen and oxygen atoms in total. The van der Waals surface area contributed by atoms with Crippen LogP contribution in [0.3, 0.4) is 0 Å². The van der Waals surface area contributed by atoms with Crippen molar-refractivity contribution in [2.45, 2.75) is 136 Å². The van der Waals surface area contributed by atoms with Gasteiger partial charge in [-0.05, 0) is 136 Å². The number of nitrogens with zero attached hydrogens (tertiary/aromatic N) is 4. The topological polar surface area (TPSA) is 224 Å². The van der Waals surface area contributed by atoms with E-state index < -0.39 is 63.4 Å². The van der Waals surface area contributed by atoms with Gasteiger partial charge in [-0.25, -0.2) is 9.59 Å². The Labute approximate surface area is 442 Å². The molecule has 3 unspecified atom stereocenters. The molecule has 74 heavy (non-hydrogen) atoms. The lowest BCUT2D eigenvalue weighted by molar-refractivity contribution is -0.157. The minimum absolute atomic E-state index is 0.00896. The van der Waals surface area contributed by atoms with Crippen LogP contribution in [0.4, 0.5) is 21.0 Å². The number of benzene rings is 2. The molecule has 400 valence electrons. The molecule has 0 bridgehead atoms. The molecule has 2 aromatic rings. The summed E-state index contributed by atoms with van der Waals surface area (Å²) in [6, 6.07) is 13.5. The quantitative estimate of drug-likeness (QED) is 0.122. The van der Waals surface area contributed by atoms with E-state index in [9.17, 15) is 48.3 Å². The fraction of sp³-hybridized carbons (Fsp3) is 0.537. The normalized spacial score (nSPS) is 20.4. The number of likely N-dealkylation sites (tertiary alicyclic amines) is 2. The minimum atomic E-state index is -1.17. The third-order valence-corrected chi connectivity index (χ3v) is 12.4. The van der Waals surface area contributed by atoms with Crippen molar-refractivity contribution in [1.29, 1.82) is 0 Å². The molecule has 0 radical (unpaired) electrons. The summed E-state index contributed by atoms with van der Waals surface area (Å²) in [5, 5.41) is 10.2. The average molecular weight is 1070 g/mol. The first kappa shape index (κ1) is 60.1. The number of amides is 8. The molecule has 4 heterocycles. The molecular weight excluding hydrogens is 1000 g/mol. The predicted molar refractivity (Wildman–Crippen MR) is 275 cm³/mol. The molecule has 0 aromatic heterocycles. The van der Waals surface area contributed by atoms with Gasteiger partial charge in [0.05, 0.1) is 10.8 Å². The second kappa shape index (κ2) is 25.7. The van der Waals surface area contributed by atoms with Gasteiger partial charge in [-0.15, -0.1) is 29.6 Å². The highest BCUT2D eigenvalue weighted by atomic mass is 35.5. The van der Waals surface area contributed by atoms with Crippen molar-refractivity contribution in [2.75, 3.05) is 47.9 Å². The molecule has 4 fully saturated rings. The Balaban J connectivity index is 0.000000288. The van der Waals surface area contributed by atoms with Crippen LogP contribution >= 0.6 is 23.2 Å². The lowest BCUT2D eigenvalue weighted by atomic mass is 9.78. The maximum atomic E-state index is 13.3. The Hall–Kier alpha value is -6.47. The molecule has 8 amide bonds. The SMILES string of the molecule is C#CCOc1ccc(N2CC3(CCC(=O)N(C(=O)OC(C)(C)C)C3=O)CC2=O)cc1.CC(=O)CCCCl.CC(O)(C#CCOc1ccc(N2CC3(CCC(=O)N(C(=O)OC(C)(C)C)C3=O)CC2=O)cc1)CCCCl. The molecule has 4 saturated heterocycles. The van der Waals surface area contributed by atoms with Crippen molar-refractivity contribution in [2.24, 2.45) is 10.8 Å². The number of carbonyl (C=O) groups is 9. The number of ether oxygens (including phenoxy) is 4. The first-order valence-corrected chi connectivity index (χ1v) is 25.2. The van der Waals surface area contributed by atoms with Gasteiger partial charge in [0.2, 0.25) is 35.4 Å². The molecule has 2 spiro atoms. The molecule has 3 atom stereocenters. The number of ketones is 1. The van der Waals surface area contributed by atoms with Crippen molar-refractivity contribution < 1.29 is 67.2 Å². The number of alkyl halides is 2. The van der Waals surface area contributed by atoms with Gasteiger partial charge in [-0.1, -0.05) is 17.8 Å². The third kappa shape index (κ3) is 16.5. The van der Waals surface area contributed by atoms with E-state index in [0.717, 1.165) is 6.42 Å². The summed E-state index contributed by atoms with van der Waals surface area (Å²) in [6.45, 7) is 13.4. The molecule has 4 aliphatic heterocycles. The zero-order valence-electron chi connectivity index (χ0n) is 43.3. The molecule has 4 aliphatic rings. The monoisotopic (exact) mass is 1060 g/mol. The maximum absolute atomic E-state index is 13.3. The van der Waals surface area contributed by atoms with E-state index in [1.54, 1.807) is 104 Å². The van der Waals surface area contributed by atoms with Crippen molar-refractivity contribution >= 4 is 88.0 Å². The Morgan fingerprint density at radius 2 is 1.05 bits per heavy atom. The van der Waals surface area contributed by atoms with Gasteiger partial charge in [-0.3, -0.25) is 28.8 Å². The van der Waals surface area contributed by atoms with Crippen molar-refractivity contribution in [3.05, 3.63) is 48.5 Å². The van der Waals surface area contributed by atoms with E-state index in [4.69, 9.17) is 48.6 Å². The molecule has 0 aliphatic carbocycles. The number of halogens is 2. The molecule has 1 N–H and O–H groups in total. The second-order valence-electron chi connectivity index (χ2n) is 20.5. The molecular formula is C54H66Cl2N4O14. The van der Waals surface area contributed by atoms with E-state index in [0.29, 0.717) is 63.7 Å². The fourth-order valence-corrected chi connectivity index (χ4v) is 8.54. The Kier molecular flexibility index (Phi) is 20.8. The fourth-order valence-electron chi connectivity index (χ4n) is 8.28. The number of Topliss-reactive ketones (excluding diaryl/α,β-unsaturated/α-hetero) is 1. The van der Waals surface area contributed by atoms with Crippen LogP contribution in [0.2, 0.25) is 0 Å².